The summed E-state index contributed by atoms with van der Waals surface area (Å²) in [6.07, 6.45) is 0. The summed E-state index contributed by atoms with van der Waals surface area (Å²) in [5.74, 6) is -1.32. The number of aromatic nitrogens is 2. The predicted molar refractivity (Wildman–Crippen MR) is 76.6 cm³/mol. The summed E-state index contributed by atoms with van der Waals surface area (Å²) >= 11 is 0. The number of hydrogen-bond acceptors (Lipinski definition) is 6. The molecule has 1 aliphatic carbocycles. The summed E-state index contributed by atoms with van der Waals surface area (Å²) in [5.41, 5.74) is 15.0. The number of H-pyrrole nitrogens is 2. The van der Waals surface area contributed by atoms with Gasteiger partial charge >= 0.3 is 0 Å². The minimum Gasteiger partial charge on any atom is -0.385 e. The van der Waals surface area contributed by atoms with Crippen LogP contribution in [0.15, 0.2) is 12.1 Å². The molecular weight excluding hydrogens is 288 g/mol. The van der Waals surface area contributed by atoms with Gasteiger partial charge in [0.15, 0.2) is 0 Å². The first kappa shape index (κ1) is 12.5. The van der Waals surface area contributed by atoms with E-state index in [1.807, 2.05) is 0 Å². The fourth-order valence-electron chi connectivity index (χ4n) is 3.73. The second-order valence-electron chi connectivity index (χ2n) is 5.65. The van der Waals surface area contributed by atoms with Crippen LogP contribution in [0.3, 0.4) is 0 Å². The Labute approximate surface area is 125 Å². The number of nitrogen functional groups attached to an aromatic ring is 2. The van der Waals surface area contributed by atoms with E-state index in [-0.39, 0.29) is 0 Å². The van der Waals surface area contributed by atoms with Gasteiger partial charge in [-0.25, -0.2) is 0 Å². The molecule has 0 atom stereocenters. The van der Waals surface area contributed by atoms with Gasteiger partial charge in [-0.2, -0.15) is 0 Å². The molecule has 2 spiro atoms. The molecule has 8 heteroatoms. The van der Waals surface area contributed by atoms with Gasteiger partial charge < -0.3 is 40.4 Å². The number of hydrogen-bond donors (Lipinski definition) is 4. The van der Waals surface area contributed by atoms with E-state index in [1.54, 1.807) is 12.1 Å². The van der Waals surface area contributed by atoms with Crippen molar-refractivity contribution in [3.8, 4) is 11.4 Å². The standard InChI is InChI=1S/C14H16N4O4/c15-9-5-7-11(17-9)12-8(6-10(16)18-12)14(21-3-4-22-14)13(7)19-1-2-20-13/h5-6,17-18H,1-4,15-16H2. The molecule has 8 nitrogen and oxygen atoms in total. The Kier molecular flexibility index (Phi) is 2.19. The largest absolute Gasteiger partial charge is 0.385 e. The van der Waals surface area contributed by atoms with E-state index in [0.717, 1.165) is 22.5 Å². The summed E-state index contributed by atoms with van der Waals surface area (Å²) in [6, 6.07) is 3.60. The highest BCUT2D eigenvalue weighted by molar-refractivity contribution is 5.75. The van der Waals surface area contributed by atoms with Crippen LogP contribution in [-0.4, -0.2) is 36.4 Å². The zero-order valence-electron chi connectivity index (χ0n) is 11.8. The fourth-order valence-corrected chi connectivity index (χ4v) is 3.73. The van der Waals surface area contributed by atoms with Crippen LogP contribution in [0.5, 0.6) is 0 Å². The third kappa shape index (κ3) is 1.23. The molecule has 2 aromatic heterocycles. The number of nitrogens with one attached hydrogen (secondary N) is 2. The second-order valence-corrected chi connectivity index (χ2v) is 5.65. The number of rotatable bonds is 0. The van der Waals surface area contributed by atoms with Crippen LogP contribution in [0, 0.1) is 0 Å². The first-order chi connectivity index (χ1) is 10.7. The van der Waals surface area contributed by atoms with Gasteiger partial charge in [0, 0.05) is 11.1 Å². The van der Waals surface area contributed by atoms with Crippen molar-refractivity contribution >= 4 is 11.6 Å². The van der Waals surface area contributed by atoms with Crippen molar-refractivity contribution in [2.75, 3.05) is 37.9 Å². The van der Waals surface area contributed by atoms with Crippen LogP contribution in [0.2, 0.25) is 0 Å². The molecule has 2 aromatic rings. The third-order valence-electron chi connectivity index (χ3n) is 4.46. The molecule has 6 N–H and O–H groups in total. The number of fused-ring (bicyclic) bond motifs is 6. The minimum absolute atomic E-state index is 0.453. The highest BCUT2D eigenvalue weighted by Gasteiger charge is 2.67. The van der Waals surface area contributed by atoms with Crippen LogP contribution in [-0.2, 0) is 30.5 Å². The molecule has 0 saturated carbocycles. The molecule has 4 heterocycles. The lowest BCUT2D eigenvalue weighted by Crippen LogP contribution is -2.53. The maximum Gasteiger partial charge on any atom is 0.258 e. The Balaban J connectivity index is 1.88. The Morgan fingerprint density at radius 2 is 1.09 bits per heavy atom. The van der Waals surface area contributed by atoms with Crippen molar-refractivity contribution in [3.63, 3.8) is 0 Å². The van der Waals surface area contributed by atoms with Gasteiger partial charge in [-0.05, 0) is 12.1 Å². The van der Waals surface area contributed by atoms with Crippen molar-refractivity contribution in [1.29, 1.82) is 0 Å². The number of ether oxygens (including phenoxy) is 4. The van der Waals surface area contributed by atoms with Gasteiger partial charge in [-0.15, -0.1) is 0 Å². The SMILES string of the molecule is Nc1cc2c([nH]1)-c1[nH]c(N)cc1C1(OCCO1)C21OCCO1. The predicted octanol–water partition coefficient (Wildman–Crippen LogP) is 0.587. The molecular formula is C14H16N4O4. The van der Waals surface area contributed by atoms with Crippen LogP contribution < -0.4 is 11.5 Å². The van der Waals surface area contributed by atoms with Crippen molar-refractivity contribution in [1.82, 2.24) is 9.97 Å². The van der Waals surface area contributed by atoms with E-state index >= 15 is 0 Å². The Morgan fingerprint density at radius 3 is 1.45 bits per heavy atom. The molecule has 2 saturated heterocycles. The quantitative estimate of drug-likeness (QED) is 0.565. The Hall–Kier alpha value is -2.00. The fraction of sp³-hybridized carbons (Fsp3) is 0.429. The highest BCUT2D eigenvalue weighted by Crippen LogP contribution is 2.59. The molecule has 0 bridgehead atoms. The molecule has 0 amide bonds. The minimum atomic E-state index is -1.17. The van der Waals surface area contributed by atoms with Crippen LogP contribution >= 0.6 is 0 Å². The highest BCUT2D eigenvalue weighted by atomic mass is 16.8. The molecule has 22 heavy (non-hydrogen) atoms. The molecule has 2 fully saturated rings. The van der Waals surface area contributed by atoms with Gasteiger partial charge in [-0.1, -0.05) is 0 Å². The molecule has 0 unspecified atom stereocenters. The van der Waals surface area contributed by atoms with E-state index in [1.165, 1.54) is 0 Å². The van der Waals surface area contributed by atoms with Crippen LogP contribution in [0.1, 0.15) is 11.1 Å². The topological polar surface area (TPSA) is 121 Å². The van der Waals surface area contributed by atoms with Crippen molar-refractivity contribution < 1.29 is 18.9 Å². The van der Waals surface area contributed by atoms with Crippen LogP contribution in [0.25, 0.3) is 11.4 Å². The first-order valence-electron chi connectivity index (χ1n) is 7.20. The maximum atomic E-state index is 6.02. The van der Waals surface area contributed by atoms with Gasteiger partial charge in [0.25, 0.3) is 11.6 Å². The van der Waals surface area contributed by atoms with Gasteiger partial charge in [0.05, 0.1) is 37.8 Å². The van der Waals surface area contributed by atoms with E-state index in [4.69, 9.17) is 30.4 Å². The van der Waals surface area contributed by atoms with Crippen molar-refractivity contribution in [2.45, 2.75) is 11.6 Å². The second kappa shape index (κ2) is 3.85. The van der Waals surface area contributed by atoms with Gasteiger partial charge in [-0.3, -0.25) is 0 Å². The number of anilines is 2. The molecule has 0 aromatic carbocycles. The lowest BCUT2D eigenvalue weighted by molar-refractivity contribution is -0.365. The summed E-state index contributed by atoms with van der Waals surface area (Å²) in [4.78, 5) is 6.29. The zero-order valence-corrected chi connectivity index (χ0v) is 11.8. The normalized spacial score (nSPS) is 24.0. The van der Waals surface area contributed by atoms with Crippen molar-refractivity contribution in [2.24, 2.45) is 0 Å². The maximum absolute atomic E-state index is 6.02. The molecule has 5 rings (SSSR count). The molecule has 2 aliphatic heterocycles. The summed E-state index contributed by atoms with van der Waals surface area (Å²) < 4.78 is 24.1. The average molecular weight is 304 g/mol. The molecule has 0 radical (unpaired) electrons. The van der Waals surface area contributed by atoms with E-state index < -0.39 is 11.6 Å². The summed E-state index contributed by atoms with van der Waals surface area (Å²) in [6.45, 7) is 1.81. The van der Waals surface area contributed by atoms with Gasteiger partial charge in [0.2, 0.25) is 0 Å². The average Bonchev–Trinajstić information content (AvgIpc) is 3.22. The molecule has 116 valence electrons. The van der Waals surface area contributed by atoms with Gasteiger partial charge in [0.1, 0.15) is 11.6 Å². The van der Waals surface area contributed by atoms with Crippen molar-refractivity contribution in [3.05, 3.63) is 23.3 Å². The lowest BCUT2D eigenvalue weighted by Gasteiger charge is -2.44. The summed E-state index contributed by atoms with van der Waals surface area (Å²) in [7, 11) is 0. The number of nitrogens with two attached hydrogens (primary N) is 2. The van der Waals surface area contributed by atoms with E-state index in [9.17, 15) is 0 Å². The Morgan fingerprint density at radius 1 is 0.727 bits per heavy atom. The van der Waals surface area contributed by atoms with Crippen LogP contribution in [0.4, 0.5) is 11.6 Å². The number of aromatic amines is 2. The zero-order chi connectivity index (χ0) is 14.9. The monoisotopic (exact) mass is 304 g/mol. The third-order valence-corrected chi connectivity index (χ3v) is 4.46. The lowest BCUT2D eigenvalue weighted by atomic mass is 9.83. The Bertz CT molecular complexity index is 689. The summed E-state index contributed by atoms with van der Waals surface area (Å²) in [5, 5.41) is 0. The smallest absolute Gasteiger partial charge is 0.258 e. The van der Waals surface area contributed by atoms with E-state index in [2.05, 4.69) is 9.97 Å². The molecule has 3 aliphatic rings. The van der Waals surface area contributed by atoms with E-state index in [0.29, 0.717) is 38.1 Å². The first-order valence-corrected chi connectivity index (χ1v) is 7.20.